The summed E-state index contributed by atoms with van der Waals surface area (Å²) in [5.74, 6) is -0.189. The minimum absolute atomic E-state index is 0.189. The number of benzene rings is 2. The van der Waals surface area contributed by atoms with Crippen LogP contribution < -0.4 is 10.2 Å². The summed E-state index contributed by atoms with van der Waals surface area (Å²) in [5.41, 5.74) is 2.87. The van der Waals surface area contributed by atoms with Gasteiger partial charge in [0.05, 0.1) is 5.69 Å². The van der Waals surface area contributed by atoms with Crippen molar-refractivity contribution in [1.29, 1.82) is 0 Å². The summed E-state index contributed by atoms with van der Waals surface area (Å²) in [6.45, 7) is 6.67. The van der Waals surface area contributed by atoms with E-state index in [1.165, 1.54) is 11.6 Å². The highest BCUT2D eigenvalue weighted by molar-refractivity contribution is 5.63. The minimum atomic E-state index is -0.189. The molecular formula is C17H21FN2. The Morgan fingerprint density at radius 1 is 1.00 bits per heavy atom. The van der Waals surface area contributed by atoms with Gasteiger partial charge in [-0.1, -0.05) is 31.2 Å². The first-order chi connectivity index (χ1) is 9.76. The lowest BCUT2D eigenvalue weighted by atomic mass is 10.1. The van der Waals surface area contributed by atoms with Crippen LogP contribution in [-0.2, 0) is 6.54 Å². The fourth-order valence-electron chi connectivity index (χ4n) is 2.23. The van der Waals surface area contributed by atoms with Crippen LogP contribution in [0.3, 0.4) is 0 Å². The molecule has 2 nitrogen and oxygen atoms in total. The van der Waals surface area contributed by atoms with E-state index in [0.29, 0.717) is 5.69 Å². The molecule has 106 valence electrons. The Morgan fingerprint density at radius 2 is 1.70 bits per heavy atom. The molecule has 1 N–H and O–H groups in total. The number of anilines is 2. The van der Waals surface area contributed by atoms with Crippen LogP contribution in [0.5, 0.6) is 0 Å². The van der Waals surface area contributed by atoms with Gasteiger partial charge in [-0.15, -0.1) is 0 Å². The molecule has 0 aliphatic carbocycles. The van der Waals surface area contributed by atoms with E-state index in [1.54, 1.807) is 6.07 Å². The zero-order valence-electron chi connectivity index (χ0n) is 12.1. The summed E-state index contributed by atoms with van der Waals surface area (Å²) >= 11 is 0. The van der Waals surface area contributed by atoms with E-state index in [9.17, 15) is 4.39 Å². The summed E-state index contributed by atoms with van der Waals surface area (Å²) < 4.78 is 13.9. The molecule has 0 unspecified atom stereocenters. The van der Waals surface area contributed by atoms with Gasteiger partial charge in [-0.2, -0.15) is 0 Å². The molecule has 2 aromatic rings. The van der Waals surface area contributed by atoms with Crippen molar-refractivity contribution >= 4 is 11.4 Å². The molecule has 2 rings (SSSR count). The van der Waals surface area contributed by atoms with Gasteiger partial charge in [-0.25, -0.2) is 4.39 Å². The Balaban J connectivity index is 2.22. The highest BCUT2D eigenvalue weighted by Crippen LogP contribution is 2.27. The Bertz CT molecular complexity index is 537. The van der Waals surface area contributed by atoms with E-state index in [0.717, 1.165) is 25.3 Å². The molecule has 2 aromatic carbocycles. The normalized spacial score (nSPS) is 10.6. The van der Waals surface area contributed by atoms with E-state index < -0.39 is 0 Å². The predicted molar refractivity (Wildman–Crippen MR) is 82.9 cm³/mol. The van der Waals surface area contributed by atoms with Gasteiger partial charge >= 0.3 is 0 Å². The van der Waals surface area contributed by atoms with Gasteiger partial charge < -0.3 is 10.2 Å². The average molecular weight is 272 g/mol. The van der Waals surface area contributed by atoms with Gasteiger partial charge in [0, 0.05) is 18.8 Å². The number of nitrogens with zero attached hydrogens (tertiary/aromatic N) is 1. The van der Waals surface area contributed by atoms with Crippen LogP contribution in [-0.4, -0.2) is 13.1 Å². The van der Waals surface area contributed by atoms with Gasteiger partial charge in [0.1, 0.15) is 5.82 Å². The van der Waals surface area contributed by atoms with Crippen molar-refractivity contribution < 1.29 is 4.39 Å². The second-order valence-electron chi connectivity index (χ2n) is 4.64. The lowest BCUT2D eigenvalue weighted by Gasteiger charge is -2.24. The summed E-state index contributed by atoms with van der Waals surface area (Å²) in [7, 11) is 0. The molecule has 3 heteroatoms. The molecule has 0 aromatic heterocycles. The zero-order chi connectivity index (χ0) is 14.4. The van der Waals surface area contributed by atoms with Crippen LogP contribution >= 0.6 is 0 Å². The van der Waals surface area contributed by atoms with Crippen molar-refractivity contribution in [1.82, 2.24) is 5.32 Å². The standard InChI is InChI=1S/C17H21FN2/c1-3-19-13-14-9-11-15(12-10-14)20(4-2)17-8-6-5-7-16(17)18/h5-12,19H,3-4,13H2,1-2H3. The summed E-state index contributed by atoms with van der Waals surface area (Å²) in [6, 6.07) is 15.1. The SMILES string of the molecule is CCNCc1ccc(N(CC)c2ccccc2F)cc1. The smallest absolute Gasteiger partial charge is 0.146 e. The minimum Gasteiger partial charge on any atom is -0.339 e. The molecule has 0 saturated heterocycles. The monoisotopic (exact) mass is 272 g/mol. The molecule has 0 radical (unpaired) electrons. The number of para-hydroxylation sites is 1. The molecule has 0 heterocycles. The number of hydrogen-bond donors (Lipinski definition) is 1. The summed E-state index contributed by atoms with van der Waals surface area (Å²) in [6.07, 6.45) is 0. The number of nitrogens with one attached hydrogen (secondary N) is 1. The lowest BCUT2D eigenvalue weighted by molar-refractivity contribution is 0.625. The van der Waals surface area contributed by atoms with Crippen LogP contribution in [0.4, 0.5) is 15.8 Å². The second-order valence-corrected chi connectivity index (χ2v) is 4.64. The van der Waals surface area contributed by atoms with Crippen LogP contribution in [0.15, 0.2) is 48.5 Å². The van der Waals surface area contributed by atoms with Gasteiger partial charge in [0.25, 0.3) is 0 Å². The highest BCUT2D eigenvalue weighted by Gasteiger charge is 2.11. The predicted octanol–water partition coefficient (Wildman–Crippen LogP) is 4.09. The van der Waals surface area contributed by atoms with Crippen LogP contribution in [0.1, 0.15) is 19.4 Å². The number of hydrogen-bond acceptors (Lipinski definition) is 2. The molecule has 0 atom stereocenters. The van der Waals surface area contributed by atoms with E-state index in [-0.39, 0.29) is 5.82 Å². The van der Waals surface area contributed by atoms with Gasteiger partial charge in [0.2, 0.25) is 0 Å². The first kappa shape index (κ1) is 14.5. The first-order valence-corrected chi connectivity index (χ1v) is 7.08. The van der Waals surface area contributed by atoms with Crippen molar-refractivity contribution in [3.63, 3.8) is 0 Å². The molecule has 0 bridgehead atoms. The topological polar surface area (TPSA) is 15.3 Å². The molecule has 0 amide bonds. The Labute approximate surface area is 120 Å². The fraction of sp³-hybridized carbons (Fsp3) is 0.294. The van der Waals surface area contributed by atoms with Crippen LogP contribution in [0.2, 0.25) is 0 Å². The first-order valence-electron chi connectivity index (χ1n) is 7.08. The maximum Gasteiger partial charge on any atom is 0.146 e. The quantitative estimate of drug-likeness (QED) is 0.852. The number of rotatable bonds is 6. The molecule has 0 aliphatic rings. The van der Waals surface area contributed by atoms with E-state index >= 15 is 0 Å². The zero-order valence-corrected chi connectivity index (χ0v) is 12.1. The lowest BCUT2D eigenvalue weighted by Crippen LogP contribution is -2.17. The van der Waals surface area contributed by atoms with Crippen molar-refractivity contribution in [2.75, 3.05) is 18.0 Å². The maximum absolute atomic E-state index is 13.9. The average Bonchev–Trinajstić information content (AvgIpc) is 2.49. The molecule has 20 heavy (non-hydrogen) atoms. The highest BCUT2D eigenvalue weighted by atomic mass is 19.1. The third kappa shape index (κ3) is 3.36. The van der Waals surface area contributed by atoms with E-state index in [4.69, 9.17) is 0 Å². The van der Waals surface area contributed by atoms with Crippen LogP contribution in [0, 0.1) is 5.82 Å². The van der Waals surface area contributed by atoms with Gasteiger partial charge in [0.15, 0.2) is 0 Å². The molecule has 0 spiro atoms. The summed E-state index contributed by atoms with van der Waals surface area (Å²) in [4.78, 5) is 1.98. The molecule has 0 saturated carbocycles. The largest absolute Gasteiger partial charge is 0.339 e. The third-order valence-corrected chi connectivity index (χ3v) is 3.29. The van der Waals surface area contributed by atoms with Crippen molar-refractivity contribution in [2.45, 2.75) is 20.4 Å². The van der Waals surface area contributed by atoms with Crippen molar-refractivity contribution in [3.05, 3.63) is 59.9 Å². The van der Waals surface area contributed by atoms with Crippen molar-refractivity contribution in [3.8, 4) is 0 Å². The Kier molecular flexibility index (Phi) is 5.13. The van der Waals surface area contributed by atoms with Crippen molar-refractivity contribution in [2.24, 2.45) is 0 Å². The maximum atomic E-state index is 13.9. The molecule has 0 aliphatic heterocycles. The molecular weight excluding hydrogens is 251 g/mol. The number of halogens is 1. The van der Waals surface area contributed by atoms with Gasteiger partial charge in [-0.3, -0.25) is 0 Å². The fourth-order valence-corrected chi connectivity index (χ4v) is 2.23. The summed E-state index contributed by atoms with van der Waals surface area (Å²) in [5, 5.41) is 3.29. The molecule has 0 fully saturated rings. The van der Waals surface area contributed by atoms with Crippen LogP contribution in [0.25, 0.3) is 0 Å². The van der Waals surface area contributed by atoms with E-state index in [2.05, 4.69) is 24.4 Å². The Morgan fingerprint density at radius 3 is 2.30 bits per heavy atom. The Hall–Kier alpha value is -1.87. The third-order valence-electron chi connectivity index (χ3n) is 3.29. The van der Waals surface area contributed by atoms with E-state index in [1.807, 2.05) is 36.1 Å². The second kappa shape index (κ2) is 7.06. The van der Waals surface area contributed by atoms with Gasteiger partial charge in [-0.05, 0) is 43.3 Å².